The van der Waals surface area contributed by atoms with Crippen LogP contribution in [0.5, 0.6) is 0 Å². The Morgan fingerprint density at radius 2 is 0.974 bits per heavy atom. The number of fused-ring (bicyclic) bond motifs is 1. The first kappa shape index (κ1) is 93.2. The van der Waals surface area contributed by atoms with Crippen molar-refractivity contribution in [2.45, 2.75) is 82.8 Å². The molecule has 3 aromatic heterocycles. The number of hydrogen-bond donors (Lipinski definition) is 14. The number of guanidine groups is 2. The van der Waals surface area contributed by atoms with Crippen molar-refractivity contribution in [3.8, 4) is 11.1 Å². The molecule has 0 spiro atoms. The van der Waals surface area contributed by atoms with Gasteiger partial charge in [-0.05, 0) is 116 Å². The zero-order chi connectivity index (χ0) is 84.4. The van der Waals surface area contributed by atoms with Gasteiger partial charge in [-0.15, -0.1) is 0 Å². The first-order valence-corrected chi connectivity index (χ1v) is 39.0. The van der Waals surface area contributed by atoms with Crippen molar-refractivity contribution in [3.63, 3.8) is 0 Å². The number of imidazole rings is 2. The number of Topliss-reactive ketones (excluding diaryl/α,β-unsaturated/α-hetero) is 1. The second-order valence-corrected chi connectivity index (χ2v) is 27.8. The number of carbonyl (C=O) groups is 9. The van der Waals surface area contributed by atoms with E-state index in [1.807, 2.05) is 54.6 Å². The second-order valence-electron chi connectivity index (χ2n) is 27.3. The third-order valence-corrected chi connectivity index (χ3v) is 18.4. The average Bonchev–Trinajstić information content (AvgIpc) is 1.76. The Hall–Kier alpha value is -10.9. The predicted octanol–water partition coefficient (Wildman–Crippen LogP) is 2.35. The minimum absolute atomic E-state index is 0.0106. The van der Waals surface area contributed by atoms with E-state index in [9.17, 15) is 43.2 Å². The van der Waals surface area contributed by atoms with Crippen molar-refractivity contribution in [2.24, 2.45) is 65.7 Å². The molecule has 3 heterocycles. The highest BCUT2D eigenvalue weighted by atomic mass is 35.5. The van der Waals surface area contributed by atoms with Gasteiger partial charge in [-0.25, -0.2) is 9.97 Å². The van der Waals surface area contributed by atoms with Crippen LogP contribution in [0, 0.1) is 5.92 Å². The van der Waals surface area contributed by atoms with Gasteiger partial charge in [0, 0.05) is 114 Å². The molecule has 19 N–H and O–H groups in total. The number of anilines is 4. The minimum Gasteiger partial charge on any atom is -0.378 e. The Bertz CT molecular complexity index is 4240. The van der Waals surface area contributed by atoms with Crippen molar-refractivity contribution < 1.29 is 81.0 Å². The molecule has 117 heavy (non-hydrogen) atoms. The maximum absolute atomic E-state index is 13.3. The van der Waals surface area contributed by atoms with Crippen molar-refractivity contribution in [1.82, 2.24) is 50.3 Å². The number of benzene rings is 3. The van der Waals surface area contributed by atoms with E-state index in [0.29, 0.717) is 129 Å². The molecule has 8 amide bonds. The Labute approximate surface area is 684 Å². The summed E-state index contributed by atoms with van der Waals surface area (Å²) in [4.78, 5) is 133. The number of rotatable bonds is 55. The van der Waals surface area contributed by atoms with E-state index in [4.69, 9.17) is 78.2 Å². The van der Waals surface area contributed by atoms with Gasteiger partial charge < -0.3 is 128 Å². The number of ketones is 1. The molecule has 0 saturated carbocycles. The van der Waals surface area contributed by atoms with E-state index in [1.54, 1.807) is 28.1 Å². The van der Waals surface area contributed by atoms with Crippen molar-refractivity contribution in [2.75, 3.05) is 166 Å². The molecule has 0 bridgehead atoms. The summed E-state index contributed by atoms with van der Waals surface area (Å²) in [5.74, 6) is -3.96. The molecule has 38 nitrogen and oxygen atoms in total. The molecule has 0 aliphatic heterocycles. The van der Waals surface area contributed by atoms with Crippen molar-refractivity contribution in [3.05, 3.63) is 130 Å². The van der Waals surface area contributed by atoms with E-state index >= 15 is 0 Å². The smallest absolute Gasteiger partial charge is 0.291 e. The Balaban J connectivity index is 0.631. The fourth-order valence-corrected chi connectivity index (χ4v) is 12.5. The van der Waals surface area contributed by atoms with Crippen molar-refractivity contribution in [1.29, 1.82) is 0 Å². The van der Waals surface area contributed by atoms with E-state index in [1.165, 1.54) is 38.4 Å². The highest BCUT2D eigenvalue weighted by molar-refractivity contribution is 6.30. The first-order valence-electron chi connectivity index (χ1n) is 38.7. The maximum atomic E-state index is 13.3. The molecule has 1 unspecified atom stereocenters. The number of aromatic nitrogens is 5. The molecule has 5 atom stereocenters. The van der Waals surface area contributed by atoms with Crippen LogP contribution in [-0.2, 0) is 83.0 Å². The fraction of sp³-hybridized carbons (Fsp3) is 0.500. The van der Waals surface area contributed by atoms with Crippen LogP contribution in [0.3, 0.4) is 0 Å². The monoisotopic (exact) mass is 1650 g/mol. The molecular weight excluding hydrogens is 1540 g/mol. The standard InChI is InChI=1S/C78H112ClN21O17/c1-50-44-62(91-56-17-15-55(79)16-18-56)59-45-54(14-19-58(59)68(50)51(2)101)52-10-12-53(13-11-52)71(104)87-26-28-110-30-32-112-34-36-114-38-40-116-42-43-117-41-39-115-37-35-113-33-31-111-29-27-88-75(108)69-96-64(48-99(69)4)94-67(103)21-25-86-74(107)63-46-57(47-98(63)3)92-76(109)70-97-65(49-100(70)5)95-66(102)20-24-85-73(106)61(9-7-23-90-78(83)84)93-72(105)60(80)8-6-22-89-77(81)82/h10-19,45-50,60-62,68,91H,6-9,20-44,80H2,1-5H3,(H,85,106)(H,86,107)(H,87,104)(H,88,108)(H,92,109)(H,93,105)(H,94,103)(H,95,102)(H4,81,82,89)(H4,83,84,90)/t50-,60-,61-,62+,68?/m0/s1. The number of carbonyl (C=O) groups excluding carboxylic acids is 9. The van der Waals surface area contributed by atoms with Gasteiger partial charge in [-0.2, -0.15) is 0 Å². The quantitative estimate of drug-likeness (QED) is 0.0148. The summed E-state index contributed by atoms with van der Waals surface area (Å²) in [7, 11) is 4.73. The lowest BCUT2D eigenvalue weighted by atomic mass is 9.71. The molecule has 0 saturated heterocycles. The third-order valence-electron chi connectivity index (χ3n) is 18.1. The molecule has 1 aliphatic carbocycles. The lowest BCUT2D eigenvalue weighted by Gasteiger charge is -2.36. The largest absolute Gasteiger partial charge is 0.378 e. The minimum atomic E-state index is -1.02. The maximum Gasteiger partial charge on any atom is 0.291 e. The number of aryl methyl sites for hydroxylation is 3. The molecule has 6 aromatic rings. The van der Waals surface area contributed by atoms with Gasteiger partial charge in [0.1, 0.15) is 17.5 Å². The Morgan fingerprint density at radius 1 is 0.504 bits per heavy atom. The lowest BCUT2D eigenvalue weighted by molar-refractivity contribution is -0.130. The summed E-state index contributed by atoms with van der Waals surface area (Å²) in [6.07, 6.45) is 6.03. The summed E-state index contributed by atoms with van der Waals surface area (Å²) in [5, 5.41) is 25.8. The van der Waals surface area contributed by atoms with Crippen LogP contribution < -0.4 is 76.5 Å². The summed E-state index contributed by atoms with van der Waals surface area (Å²) < 4.78 is 48.9. The van der Waals surface area contributed by atoms with Gasteiger partial charge in [0.15, 0.2) is 23.6 Å². The van der Waals surface area contributed by atoms with Gasteiger partial charge in [0.2, 0.25) is 35.3 Å². The normalized spacial score (nSPS) is 14.1. The summed E-state index contributed by atoms with van der Waals surface area (Å²) >= 11 is 6.14. The van der Waals surface area contributed by atoms with E-state index in [0.717, 1.165) is 34.4 Å². The number of nitrogens with two attached hydrogens (primary N) is 5. The van der Waals surface area contributed by atoms with Crippen LogP contribution >= 0.6 is 11.6 Å². The molecule has 1 aliphatic rings. The summed E-state index contributed by atoms with van der Waals surface area (Å²) in [6, 6.07) is 20.9. The topological polar surface area (TPSA) is 531 Å². The number of nitrogens with one attached hydrogen (secondary N) is 9. The SMILES string of the molecule is CC(=O)C1c2ccc(-c3ccc(C(=O)NCCOCCOCCOCCOCCOCCOCCOCCOCCNC(=O)c4nc(NC(=O)CCNC(=O)c5cc(NC(=O)c6nc(NC(=O)CCNC(=O)[C@H](CCCN=C(N)N)NC(=O)[C@@H](N)CCCN=C(N)N)cn6C)cn5C)cn4C)cc3)cc2[C@H](Nc2ccc(Cl)cc2)C[C@@H]1C. The van der Waals surface area contributed by atoms with Crippen molar-refractivity contribution >= 4 is 99.6 Å². The van der Waals surface area contributed by atoms with Crippen LogP contribution in [0.15, 0.2) is 101 Å². The molecule has 0 fully saturated rings. The van der Waals surface area contributed by atoms with E-state index < -0.39 is 53.4 Å². The fourth-order valence-electron chi connectivity index (χ4n) is 12.3. The van der Waals surface area contributed by atoms with Crippen LogP contribution in [0.2, 0.25) is 5.02 Å². The van der Waals surface area contributed by atoms with Crippen LogP contribution in [0.1, 0.15) is 124 Å². The lowest BCUT2D eigenvalue weighted by Crippen LogP contribution is -2.52. The van der Waals surface area contributed by atoms with Crippen LogP contribution in [-0.4, -0.2) is 246 Å². The van der Waals surface area contributed by atoms with E-state index in [-0.39, 0.29) is 141 Å². The van der Waals surface area contributed by atoms with Gasteiger partial charge in [0.25, 0.3) is 23.6 Å². The molecule has 7 rings (SSSR count). The zero-order valence-corrected chi connectivity index (χ0v) is 67.6. The highest BCUT2D eigenvalue weighted by Gasteiger charge is 2.36. The van der Waals surface area contributed by atoms with Gasteiger partial charge >= 0.3 is 0 Å². The average molecular weight is 1650 g/mol. The second kappa shape index (κ2) is 50.5. The van der Waals surface area contributed by atoms with Gasteiger partial charge in [0.05, 0.1) is 123 Å². The van der Waals surface area contributed by atoms with Crippen LogP contribution in [0.4, 0.5) is 23.0 Å². The molecule has 3 aromatic carbocycles. The summed E-state index contributed by atoms with van der Waals surface area (Å²) in [6.45, 7) is 10.5. The number of aliphatic imine (C=N–C) groups is 2. The Kier molecular flexibility index (Phi) is 40.3. The summed E-state index contributed by atoms with van der Waals surface area (Å²) in [5.41, 5.74) is 33.6. The van der Waals surface area contributed by atoms with Crippen LogP contribution in [0.25, 0.3) is 11.1 Å². The number of ether oxygens (including phenoxy) is 8. The number of halogens is 1. The Morgan fingerprint density at radius 3 is 1.49 bits per heavy atom. The molecular formula is C78H112ClN21O17. The zero-order valence-electron chi connectivity index (χ0n) is 66.9. The first-order chi connectivity index (χ1) is 56.3. The van der Waals surface area contributed by atoms with Gasteiger partial charge in [-0.1, -0.05) is 42.8 Å². The molecule has 638 valence electrons. The molecule has 39 heteroatoms. The molecule has 0 radical (unpaired) electrons. The number of nitrogens with zero attached hydrogens (tertiary/aromatic N) is 7. The predicted molar refractivity (Wildman–Crippen MR) is 439 cm³/mol. The van der Waals surface area contributed by atoms with Gasteiger partial charge in [-0.3, -0.25) is 53.1 Å². The highest BCUT2D eigenvalue weighted by Crippen LogP contribution is 2.45. The number of amides is 8. The third kappa shape index (κ3) is 33.3. The number of hydrogen-bond acceptors (Lipinski definition) is 23. The van der Waals surface area contributed by atoms with E-state index in [2.05, 4.69) is 86.9 Å².